The largest absolute Gasteiger partial charge is 0.497 e. The van der Waals surface area contributed by atoms with Gasteiger partial charge in [0.2, 0.25) is 11.8 Å². The smallest absolute Gasteiger partial charge is 0.348 e. The molecule has 0 radical (unpaired) electrons. The van der Waals surface area contributed by atoms with Crippen LogP contribution < -0.4 is 25.1 Å². The molecular formula is C31H31N7O6. The van der Waals surface area contributed by atoms with Crippen molar-refractivity contribution in [1.29, 1.82) is 0 Å². The number of para-hydroxylation sites is 2. The minimum atomic E-state index is -0.651. The van der Waals surface area contributed by atoms with E-state index in [0.29, 0.717) is 22.6 Å². The van der Waals surface area contributed by atoms with Gasteiger partial charge in [-0.1, -0.05) is 36.4 Å². The summed E-state index contributed by atoms with van der Waals surface area (Å²) in [7, 11) is 3.12. The highest BCUT2D eigenvalue weighted by Gasteiger charge is 2.31. The molecule has 0 atom stereocenters. The van der Waals surface area contributed by atoms with Crippen LogP contribution >= 0.6 is 0 Å². The standard InChI is InChI=1S/C31H31N7O6/c1-42-24-9-5-7-22(15-24)17-33-28(39)19-37(30-35-26-11-3-4-12-27(26)44-30)38(31(41)36-14-13-32-21-36)20-29(40)34-18-23-8-6-10-25(16-23)43-2/h3-16,21H,17-20H2,1-2H3,(H,33,39)(H,34,40). The third kappa shape index (κ3) is 7.31. The average Bonchev–Trinajstić information content (AvgIpc) is 3.75. The summed E-state index contributed by atoms with van der Waals surface area (Å²) in [5.41, 5.74) is 2.58. The Labute approximate surface area is 253 Å². The molecule has 0 fully saturated rings. The molecule has 2 heterocycles. The third-order valence-electron chi connectivity index (χ3n) is 6.58. The van der Waals surface area contributed by atoms with Crippen LogP contribution in [0.15, 0.2) is 95.9 Å². The zero-order valence-corrected chi connectivity index (χ0v) is 24.2. The van der Waals surface area contributed by atoms with Gasteiger partial charge in [0.25, 0.3) is 0 Å². The SMILES string of the molecule is COc1cccc(CNC(=O)CN(C(=O)n2ccnc2)N(CC(=O)NCc2cccc(OC)c2)c2nc3ccccc3o2)c1. The van der Waals surface area contributed by atoms with E-state index in [9.17, 15) is 14.4 Å². The van der Waals surface area contributed by atoms with Crippen LogP contribution in [0, 0.1) is 0 Å². The van der Waals surface area contributed by atoms with Gasteiger partial charge in [-0.15, -0.1) is 0 Å². The maximum absolute atomic E-state index is 13.8. The van der Waals surface area contributed by atoms with E-state index in [1.54, 1.807) is 62.8 Å². The van der Waals surface area contributed by atoms with Gasteiger partial charge in [0, 0.05) is 25.5 Å². The lowest BCUT2D eigenvalue weighted by molar-refractivity contribution is -0.123. The molecule has 13 heteroatoms. The molecule has 2 aromatic heterocycles. The van der Waals surface area contributed by atoms with Crippen molar-refractivity contribution in [1.82, 2.24) is 30.2 Å². The van der Waals surface area contributed by atoms with Crippen LogP contribution in [0.4, 0.5) is 10.8 Å². The normalized spacial score (nSPS) is 10.7. The molecule has 226 valence electrons. The lowest BCUT2D eigenvalue weighted by Gasteiger charge is -2.32. The number of hydrogen-bond donors (Lipinski definition) is 2. The number of ether oxygens (including phenoxy) is 2. The molecule has 0 spiro atoms. The number of oxazole rings is 1. The second-order valence-electron chi connectivity index (χ2n) is 9.59. The number of nitrogens with one attached hydrogen (secondary N) is 2. The minimum Gasteiger partial charge on any atom is -0.497 e. The van der Waals surface area contributed by atoms with Gasteiger partial charge in [-0.25, -0.2) is 19.8 Å². The number of methoxy groups -OCH3 is 2. The fraction of sp³-hybridized carbons (Fsp3) is 0.194. The molecule has 3 aromatic carbocycles. The van der Waals surface area contributed by atoms with E-state index in [0.717, 1.165) is 16.1 Å². The fourth-order valence-corrected chi connectivity index (χ4v) is 4.34. The van der Waals surface area contributed by atoms with Gasteiger partial charge in [0.1, 0.15) is 36.4 Å². The number of nitrogens with zero attached hydrogens (tertiary/aromatic N) is 5. The van der Waals surface area contributed by atoms with E-state index >= 15 is 0 Å². The van der Waals surface area contributed by atoms with E-state index in [4.69, 9.17) is 13.9 Å². The molecule has 0 unspecified atom stereocenters. The number of benzene rings is 3. The molecule has 3 amide bonds. The van der Waals surface area contributed by atoms with Crippen molar-refractivity contribution in [3.8, 4) is 11.5 Å². The second-order valence-corrected chi connectivity index (χ2v) is 9.59. The lowest BCUT2D eigenvalue weighted by atomic mass is 10.2. The molecule has 0 aliphatic rings. The van der Waals surface area contributed by atoms with Crippen LogP contribution in [-0.2, 0) is 22.7 Å². The molecule has 44 heavy (non-hydrogen) atoms. The summed E-state index contributed by atoms with van der Waals surface area (Å²) in [6, 6.07) is 20.9. The molecule has 5 aromatic rings. The van der Waals surface area contributed by atoms with Crippen molar-refractivity contribution >= 4 is 35.0 Å². The number of fused-ring (bicyclic) bond motifs is 1. The minimum absolute atomic E-state index is 0.0446. The molecule has 2 N–H and O–H groups in total. The first-order valence-corrected chi connectivity index (χ1v) is 13.7. The first-order valence-electron chi connectivity index (χ1n) is 13.7. The van der Waals surface area contributed by atoms with Crippen LogP contribution in [0.25, 0.3) is 11.1 Å². The van der Waals surface area contributed by atoms with Crippen LogP contribution in [0.5, 0.6) is 11.5 Å². The van der Waals surface area contributed by atoms with Gasteiger partial charge in [-0.2, -0.15) is 4.98 Å². The van der Waals surface area contributed by atoms with Gasteiger partial charge in [0.05, 0.1) is 14.2 Å². The summed E-state index contributed by atoms with van der Waals surface area (Å²) >= 11 is 0. The van der Waals surface area contributed by atoms with Crippen molar-refractivity contribution < 1.29 is 28.3 Å². The summed E-state index contributed by atoms with van der Waals surface area (Å²) < 4.78 is 17.7. The van der Waals surface area contributed by atoms with Crippen molar-refractivity contribution in [2.45, 2.75) is 13.1 Å². The number of carbonyl (C=O) groups is 3. The molecule has 0 saturated carbocycles. The van der Waals surface area contributed by atoms with E-state index in [1.165, 1.54) is 28.3 Å². The molecule has 13 nitrogen and oxygen atoms in total. The third-order valence-corrected chi connectivity index (χ3v) is 6.58. The Morgan fingerprint density at radius 1 is 0.841 bits per heavy atom. The number of hydrogen-bond acceptors (Lipinski definition) is 9. The number of imidazole rings is 1. The molecule has 0 aliphatic carbocycles. The summed E-state index contributed by atoms with van der Waals surface area (Å²) in [6.45, 7) is -0.454. The lowest BCUT2D eigenvalue weighted by Crippen LogP contribution is -2.55. The molecule has 0 aliphatic heterocycles. The highest BCUT2D eigenvalue weighted by atomic mass is 16.5. The fourth-order valence-electron chi connectivity index (χ4n) is 4.34. The summed E-state index contributed by atoms with van der Waals surface area (Å²) in [5, 5.41) is 8.01. The van der Waals surface area contributed by atoms with E-state index in [-0.39, 0.29) is 25.6 Å². The maximum Gasteiger partial charge on any atom is 0.348 e. The quantitative estimate of drug-likeness (QED) is 0.207. The highest BCUT2D eigenvalue weighted by molar-refractivity contribution is 5.88. The second kappa shape index (κ2) is 13.9. The van der Waals surface area contributed by atoms with Gasteiger partial charge < -0.3 is 24.5 Å². The molecular weight excluding hydrogens is 566 g/mol. The Bertz CT molecular complexity index is 1700. The Hall–Kier alpha value is -5.85. The Morgan fingerprint density at radius 2 is 1.48 bits per heavy atom. The maximum atomic E-state index is 13.8. The number of carbonyl (C=O) groups excluding carboxylic acids is 3. The number of anilines is 1. The van der Waals surface area contributed by atoms with Gasteiger partial charge in [-0.3, -0.25) is 14.2 Å². The van der Waals surface area contributed by atoms with Gasteiger partial charge in [0.15, 0.2) is 5.58 Å². The van der Waals surface area contributed by atoms with Crippen molar-refractivity contribution in [2.75, 3.05) is 32.3 Å². The summed E-state index contributed by atoms with van der Waals surface area (Å²) in [6.07, 6.45) is 4.18. The number of hydrazine groups is 1. The van der Waals surface area contributed by atoms with Crippen LogP contribution in [-0.4, -0.2) is 64.7 Å². The first-order chi connectivity index (χ1) is 21.4. The Kier molecular flexibility index (Phi) is 9.35. The Balaban J connectivity index is 1.41. The monoisotopic (exact) mass is 597 g/mol. The number of amides is 3. The molecule has 0 bridgehead atoms. The van der Waals surface area contributed by atoms with E-state index in [1.807, 2.05) is 24.3 Å². The number of aromatic nitrogens is 3. The molecule has 5 rings (SSSR count). The van der Waals surface area contributed by atoms with E-state index < -0.39 is 24.4 Å². The van der Waals surface area contributed by atoms with Crippen LogP contribution in [0.2, 0.25) is 0 Å². The summed E-state index contributed by atoms with van der Waals surface area (Å²) in [4.78, 5) is 48.8. The van der Waals surface area contributed by atoms with Gasteiger partial charge in [-0.05, 0) is 47.5 Å². The van der Waals surface area contributed by atoms with Crippen molar-refractivity contribution in [3.05, 3.63) is 103 Å². The van der Waals surface area contributed by atoms with Crippen molar-refractivity contribution in [3.63, 3.8) is 0 Å². The van der Waals surface area contributed by atoms with Crippen LogP contribution in [0.1, 0.15) is 11.1 Å². The summed E-state index contributed by atoms with van der Waals surface area (Å²) in [5.74, 6) is 0.368. The average molecular weight is 598 g/mol. The first kappa shape index (κ1) is 29.6. The molecule has 0 saturated heterocycles. The highest BCUT2D eigenvalue weighted by Crippen LogP contribution is 2.23. The van der Waals surface area contributed by atoms with Gasteiger partial charge >= 0.3 is 12.0 Å². The topological polar surface area (TPSA) is 144 Å². The van der Waals surface area contributed by atoms with Crippen LogP contribution in [0.3, 0.4) is 0 Å². The van der Waals surface area contributed by atoms with E-state index in [2.05, 4.69) is 20.6 Å². The van der Waals surface area contributed by atoms with Crippen molar-refractivity contribution in [2.24, 2.45) is 0 Å². The number of rotatable bonds is 12. The Morgan fingerprint density at radius 3 is 2.07 bits per heavy atom. The predicted octanol–water partition coefficient (Wildman–Crippen LogP) is 3.37. The zero-order chi connectivity index (χ0) is 30.9. The predicted molar refractivity (Wildman–Crippen MR) is 161 cm³/mol. The zero-order valence-electron chi connectivity index (χ0n) is 24.2.